The summed E-state index contributed by atoms with van der Waals surface area (Å²) in [5.41, 5.74) is -0.355. The van der Waals surface area contributed by atoms with E-state index in [0.717, 1.165) is 12.1 Å². The zero-order valence-electron chi connectivity index (χ0n) is 9.31. The third kappa shape index (κ3) is 3.54. The van der Waals surface area contributed by atoms with Gasteiger partial charge < -0.3 is 4.90 Å². The largest absolute Gasteiger partial charge is 0.340 e. The lowest BCUT2D eigenvalue weighted by atomic mass is 10.2. The minimum absolute atomic E-state index is 0.240. The second-order valence-electron chi connectivity index (χ2n) is 3.71. The van der Waals surface area contributed by atoms with Crippen LogP contribution in [-0.4, -0.2) is 29.8 Å². The summed E-state index contributed by atoms with van der Waals surface area (Å²) in [6.07, 6.45) is 0. The Labute approximate surface area is 108 Å². The van der Waals surface area contributed by atoms with E-state index in [1.54, 1.807) is 6.92 Å². The molecular formula is C11H11Cl2F2NO. The van der Waals surface area contributed by atoms with Crippen LogP contribution in [0.25, 0.3) is 0 Å². The normalized spacial score (nSPS) is 12.4. The fraction of sp³-hybridized carbons (Fsp3) is 0.364. The van der Waals surface area contributed by atoms with Gasteiger partial charge in [-0.2, -0.15) is 0 Å². The lowest BCUT2D eigenvalue weighted by Crippen LogP contribution is -2.32. The van der Waals surface area contributed by atoms with Gasteiger partial charge in [-0.1, -0.05) is 11.6 Å². The van der Waals surface area contributed by atoms with Gasteiger partial charge in [0, 0.05) is 19.0 Å². The zero-order chi connectivity index (χ0) is 13.2. The summed E-state index contributed by atoms with van der Waals surface area (Å²) in [7, 11) is 1.47. The number of hydrogen-bond donors (Lipinski definition) is 0. The van der Waals surface area contributed by atoms with Crippen LogP contribution in [-0.2, 0) is 0 Å². The van der Waals surface area contributed by atoms with E-state index in [0.29, 0.717) is 0 Å². The van der Waals surface area contributed by atoms with Crippen molar-refractivity contribution in [2.75, 3.05) is 13.6 Å². The van der Waals surface area contributed by atoms with E-state index in [9.17, 15) is 13.6 Å². The molecule has 0 aliphatic heterocycles. The van der Waals surface area contributed by atoms with E-state index in [1.807, 2.05) is 0 Å². The molecule has 0 aromatic heterocycles. The fourth-order valence-corrected chi connectivity index (χ4v) is 1.71. The second kappa shape index (κ2) is 5.65. The quantitative estimate of drug-likeness (QED) is 0.615. The maximum Gasteiger partial charge on any atom is 0.256 e. The van der Waals surface area contributed by atoms with Gasteiger partial charge >= 0.3 is 0 Å². The molecule has 1 aromatic rings. The molecule has 0 bridgehead atoms. The highest BCUT2D eigenvalue weighted by Crippen LogP contribution is 2.20. The number of rotatable bonds is 3. The first-order valence-electron chi connectivity index (χ1n) is 4.87. The average Bonchev–Trinajstić information content (AvgIpc) is 2.21. The molecule has 1 rings (SSSR count). The molecule has 0 fully saturated rings. The van der Waals surface area contributed by atoms with Crippen LogP contribution >= 0.6 is 23.2 Å². The SMILES string of the molecule is CC(Cl)CN(C)C(=O)c1cc(F)c(Cl)cc1F. The van der Waals surface area contributed by atoms with Crippen LogP contribution < -0.4 is 0 Å². The van der Waals surface area contributed by atoms with E-state index in [-0.39, 0.29) is 22.5 Å². The third-order valence-electron chi connectivity index (χ3n) is 2.11. The van der Waals surface area contributed by atoms with Gasteiger partial charge in [0.25, 0.3) is 5.91 Å². The van der Waals surface area contributed by atoms with E-state index in [1.165, 1.54) is 11.9 Å². The summed E-state index contributed by atoms with van der Waals surface area (Å²) in [5.74, 6) is -2.32. The second-order valence-corrected chi connectivity index (χ2v) is 4.86. The number of nitrogens with zero attached hydrogens (tertiary/aromatic N) is 1. The lowest BCUT2D eigenvalue weighted by Gasteiger charge is -2.18. The number of benzene rings is 1. The predicted octanol–water partition coefficient (Wildman–Crippen LogP) is 3.32. The lowest BCUT2D eigenvalue weighted by molar-refractivity contribution is 0.0791. The molecule has 1 unspecified atom stereocenters. The molecule has 94 valence electrons. The molecule has 1 atom stereocenters. The molecule has 2 nitrogen and oxygen atoms in total. The zero-order valence-corrected chi connectivity index (χ0v) is 10.8. The average molecular weight is 282 g/mol. The summed E-state index contributed by atoms with van der Waals surface area (Å²) in [4.78, 5) is 13.0. The van der Waals surface area contributed by atoms with E-state index < -0.39 is 17.5 Å². The number of alkyl halides is 1. The number of amides is 1. The van der Waals surface area contributed by atoms with Crippen molar-refractivity contribution in [1.82, 2.24) is 4.90 Å². The first kappa shape index (κ1) is 14.2. The molecule has 17 heavy (non-hydrogen) atoms. The molecule has 6 heteroatoms. The van der Waals surface area contributed by atoms with Crippen LogP contribution in [0.1, 0.15) is 17.3 Å². The van der Waals surface area contributed by atoms with Crippen LogP contribution in [0.5, 0.6) is 0 Å². The molecule has 1 aromatic carbocycles. The van der Waals surface area contributed by atoms with Crippen LogP contribution in [0, 0.1) is 11.6 Å². The van der Waals surface area contributed by atoms with Crippen molar-refractivity contribution in [1.29, 1.82) is 0 Å². The maximum atomic E-state index is 13.4. The van der Waals surface area contributed by atoms with E-state index in [4.69, 9.17) is 23.2 Å². The fourth-order valence-electron chi connectivity index (χ4n) is 1.35. The van der Waals surface area contributed by atoms with Gasteiger partial charge in [0.15, 0.2) is 0 Å². The summed E-state index contributed by atoms with van der Waals surface area (Å²) in [6.45, 7) is 1.94. The Kier molecular flexibility index (Phi) is 4.71. The van der Waals surface area contributed by atoms with Gasteiger partial charge in [0.05, 0.1) is 10.6 Å². The van der Waals surface area contributed by atoms with Gasteiger partial charge in [-0.05, 0) is 19.1 Å². The molecule has 0 radical (unpaired) electrons. The topological polar surface area (TPSA) is 20.3 Å². The van der Waals surface area contributed by atoms with Gasteiger partial charge in [0.2, 0.25) is 0 Å². The summed E-state index contributed by atoms with van der Waals surface area (Å²) in [6, 6.07) is 1.57. The minimum atomic E-state index is -0.851. The highest BCUT2D eigenvalue weighted by atomic mass is 35.5. The molecule has 0 saturated carbocycles. The Balaban J connectivity index is 3.00. The number of carbonyl (C=O) groups excluding carboxylic acids is 1. The molecule has 0 N–H and O–H groups in total. The Morgan fingerprint density at radius 1 is 1.41 bits per heavy atom. The van der Waals surface area contributed by atoms with Gasteiger partial charge in [-0.15, -0.1) is 11.6 Å². The minimum Gasteiger partial charge on any atom is -0.340 e. The van der Waals surface area contributed by atoms with Gasteiger partial charge in [0.1, 0.15) is 11.6 Å². The standard InChI is InChI=1S/C11H11Cl2F2NO/c1-6(12)5-16(2)11(17)7-3-10(15)8(13)4-9(7)14/h3-4,6H,5H2,1-2H3. The monoisotopic (exact) mass is 281 g/mol. The smallest absolute Gasteiger partial charge is 0.256 e. The van der Waals surface area contributed by atoms with Crippen LogP contribution in [0.3, 0.4) is 0 Å². The Hall–Kier alpha value is -0.870. The van der Waals surface area contributed by atoms with Crippen LogP contribution in [0.2, 0.25) is 5.02 Å². The summed E-state index contributed by atoms with van der Waals surface area (Å²) < 4.78 is 26.6. The van der Waals surface area contributed by atoms with Crippen molar-refractivity contribution < 1.29 is 13.6 Å². The summed E-state index contributed by atoms with van der Waals surface area (Å²) >= 11 is 11.1. The Morgan fingerprint density at radius 3 is 2.53 bits per heavy atom. The number of halogens is 4. The molecule has 0 aliphatic rings. The molecular weight excluding hydrogens is 271 g/mol. The van der Waals surface area contributed by atoms with Crippen LogP contribution in [0.15, 0.2) is 12.1 Å². The Morgan fingerprint density at radius 2 is 2.00 bits per heavy atom. The van der Waals surface area contributed by atoms with Crippen molar-refractivity contribution in [3.05, 3.63) is 34.4 Å². The van der Waals surface area contributed by atoms with Crippen molar-refractivity contribution in [2.45, 2.75) is 12.3 Å². The van der Waals surface area contributed by atoms with Crippen molar-refractivity contribution in [3.63, 3.8) is 0 Å². The molecule has 0 saturated heterocycles. The maximum absolute atomic E-state index is 13.4. The molecule has 0 spiro atoms. The highest BCUT2D eigenvalue weighted by Gasteiger charge is 2.19. The number of carbonyl (C=O) groups is 1. The van der Waals surface area contributed by atoms with E-state index in [2.05, 4.69) is 0 Å². The third-order valence-corrected chi connectivity index (χ3v) is 2.54. The first-order valence-corrected chi connectivity index (χ1v) is 5.68. The first-order chi connectivity index (χ1) is 7.82. The number of hydrogen-bond acceptors (Lipinski definition) is 1. The molecule has 1 amide bonds. The van der Waals surface area contributed by atoms with Crippen molar-refractivity contribution in [2.24, 2.45) is 0 Å². The van der Waals surface area contributed by atoms with Crippen molar-refractivity contribution >= 4 is 29.1 Å². The highest BCUT2D eigenvalue weighted by molar-refractivity contribution is 6.30. The van der Waals surface area contributed by atoms with Gasteiger partial charge in [-0.3, -0.25) is 4.79 Å². The van der Waals surface area contributed by atoms with Crippen molar-refractivity contribution in [3.8, 4) is 0 Å². The Bertz CT molecular complexity index is 438. The van der Waals surface area contributed by atoms with Gasteiger partial charge in [-0.25, -0.2) is 8.78 Å². The molecule has 0 heterocycles. The predicted molar refractivity (Wildman–Crippen MR) is 63.6 cm³/mol. The summed E-state index contributed by atoms with van der Waals surface area (Å²) in [5, 5.41) is -0.628. The van der Waals surface area contributed by atoms with E-state index >= 15 is 0 Å². The van der Waals surface area contributed by atoms with Crippen LogP contribution in [0.4, 0.5) is 8.78 Å². The molecule has 0 aliphatic carbocycles.